The Kier molecular flexibility index (Phi) is 11.0. The van der Waals surface area contributed by atoms with Gasteiger partial charge < -0.3 is 33.5 Å². The van der Waals surface area contributed by atoms with Gasteiger partial charge in [0.05, 0.1) is 62.3 Å². The largest absolute Gasteiger partial charge is 0.493 e. The molecule has 4 aromatic carbocycles. The number of methoxy groups -OCH3 is 2. The van der Waals surface area contributed by atoms with E-state index in [1.165, 1.54) is 31.3 Å². The van der Waals surface area contributed by atoms with E-state index in [-0.39, 0.29) is 47.9 Å². The molecule has 14 nitrogen and oxygen atoms in total. The first-order valence-electron chi connectivity index (χ1n) is 19.0. The molecule has 4 aromatic rings. The Morgan fingerprint density at radius 3 is 2.09 bits per heavy atom. The van der Waals surface area contributed by atoms with Crippen molar-refractivity contribution in [1.29, 1.82) is 0 Å². The number of fused-ring (bicyclic) bond motifs is 5. The molecule has 0 saturated carbocycles. The van der Waals surface area contributed by atoms with E-state index in [1.54, 1.807) is 42.7 Å². The smallest absolute Gasteiger partial charge is 0.414 e. The lowest BCUT2D eigenvalue weighted by Gasteiger charge is -2.29. The number of unbranched alkanes of at least 4 members (excludes halogenated alkanes) is 2. The second-order valence-corrected chi connectivity index (χ2v) is 15.1. The maximum atomic E-state index is 14.2. The van der Waals surface area contributed by atoms with Crippen LogP contribution in [0.5, 0.6) is 23.0 Å². The van der Waals surface area contributed by atoms with Crippen LogP contribution >= 0.6 is 0 Å². The third-order valence-electron chi connectivity index (χ3n) is 10.2. The highest BCUT2D eigenvalue weighted by Crippen LogP contribution is 2.43. The number of nitro benzene ring substituents is 1. The standard InChI is InChI=1S/C43H46N4O10/c1-43(2,3)57-42(50)45-26-29-21-28-14-8-10-16-33(28)46(29)41(49)30-22-36(53-4)38(24-34(30)45)55-19-11-6-12-20-56-39-25-35(47(51)52)31(23-37(39)54-5)40(48)44-18-17-27-13-7-9-15-32(27)44/h7-10,13-16,22-25,29H,6,11-12,17-21,26H2,1-5H3/t29-/m0/s1. The minimum absolute atomic E-state index is 0.0736. The number of benzene rings is 4. The van der Waals surface area contributed by atoms with Crippen molar-refractivity contribution in [1.82, 2.24) is 0 Å². The summed E-state index contributed by atoms with van der Waals surface area (Å²) in [5.74, 6) is 0.403. The van der Waals surface area contributed by atoms with Crippen LogP contribution in [-0.2, 0) is 17.6 Å². The van der Waals surface area contributed by atoms with E-state index in [4.69, 9.17) is 23.7 Å². The van der Waals surface area contributed by atoms with Gasteiger partial charge in [-0.2, -0.15) is 0 Å². The number of anilines is 3. The van der Waals surface area contributed by atoms with E-state index in [0.717, 1.165) is 22.5 Å². The number of para-hydroxylation sites is 2. The highest BCUT2D eigenvalue weighted by Gasteiger charge is 2.42. The lowest BCUT2D eigenvalue weighted by Crippen LogP contribution is -2.45. The van der Waals surface area contributed by atoms with Crippen LogP contribution in [0.15, 0.2) is 72.8 Å². The summed E-state index contributed by atoms with van der Waals surface area (Å²) in [6.45, 7) is 6.58. The molecule has 3 amide bonds. The van der Waals surface area contributed by atoms with Crippen molar-refractivity contribution in [3.63, 3.8) is 0 Å². The van der Waals surface area contributed by atoms with Gasteiger partial charge in [-0.1, -0.05) is 36.4 Å². The third-order valence-corrected chi connectivity index (χ3v) is 10.2. The third kappa shape index (κ3) is 7.89. The fraction of sp³-hybridized carbons (Fsp3) is 0.372. The maximum absolute atomic E-state index is 14.2. The van der Waals surface area contributed by atoms with E-state index in [9.17, 15) is 24.5 Å². The molecular weight excluding hydrogens is 732 g/mol. The van der Waals surface area contributed by atoms with Crippen molar-refractivity contribution in [3.8, 4) is 23.0 Å². The van der Waals surface area contributed by atoms with E-state index in [2.05, 4.69) is 0 Å². The van der Waals surface area contributed by atoms with Gasteiger partial charge in [0.2, 0.25) is 0 Å². The average molecular weight is 779 g/mol. The first kappa shape index (κ1) is 38.9. The molecule has 0 bridgehead atoms. The van der Waals surface area contributed by atoms with Gasteiger partial charge in [-0.25, -0.2) is 4.79 Å². The van der Waals surface area contributed by atoms with Crippen LogP contribution in [0.4, 0.5) is 27.5 Å². The summed E-state index contributed by atoms with van der Waals surface area (Å²) in [5, 5.41) is 12.1. The van der Waals surface area contributed by atoms with E-state index in [0.29, 0.717) is 68.0 Å². The Hall–Kier alpha value is -6.31. The molecule has 3 aliphatic heterocycles. The SMILES string of the molecule is COc1cc2c(cc1OCCCCCOc1cc([N+](=O)[O-])c(C(=O)N3CCc4ccccc43)cc1OC)N(C(=O)OC(C)(C)C)C[C@@H]1Cc3ccccc3N1C2=O. The zero-order valence-corrected chi connectivity index (χ0v) is 32.7. The van der Waals surface area contributed by atoms with Gasteiger partial charge in [-0.15, -0.1) is 0 Å². The Morgan fingerprint density at radius 1 is 0.789 bits per heavy atom. The van der Waals surface area contributed by atoms with E-state index >= 15 is 0 Å². The molecule has 0 spiro atoms. The topological polar surface area (TPSA) is 150 Å². The van der Waals surface area contributed by atoms with Gasteiger partial charge in [0.1, 0.15) is 11.2 Å². The van der Waals surface area contributed by atoms with Crippen molar-refractivity contribution >= 4 is 40.7 Å². The molecule has 14 heteroatoms. The molecule has 1 atom stereocenters. The molecule has 3 aliphatic rings. The second kappa shape index (κ2) is 16.0. The molecule has 7 rings (SSSR count). The highest BCUT2D eigenvalue weighted by molar-refractivity contribution is 6.14. The molecular formula is C43H46N4O10. The summed E-state index contributed by atoms with van der Waals surface area (Å²) >= 11 is 0. The summed E-state index contributed by atoms with van der Waals surface area (Å²) in [5.41, 5.74) is 3.10. The quantitative estimate of drug-likeness (QED) is 0.0793. The molecule has 298 valence electrons. The number of carbonyl (C=O) groups excluding carboxylic acids is 3. The molecule has 57 heavy (non-hydrogen) atoms. The predicted octanol–water partition coefficient (Wildman–Crippen LogP) is 7.77. The zero-order chi connectivity index (χ0) is 40.4. The minimum atomic E-state index is -0.759. The Morgan fingerprint density at radius 2 is 1.42 bits per heavy atom. The number of nitrogens with zero attached hydrogens (tertiary/aromatic N) is 4. The Bertz CT molecular complexity index is 2220. The molecule has 0 N–H and O–H groups in total. The van der Waals surface area contributed by atoms with Gasteiger partial charge >= 0.3 is 6.09 Å². The Labute approximate surface area is 331 Å². The fourth-order valence-electron chi connectivity index (χ4n) is 7.61. The number of nitro groups is 1. The fourth-order valence-corrected chi connectivity index (χ4v) is 7.61. The van der Waals surface area contributed by atoms with Crippen molar-refractivity contribution in [2.45, 2.75) is 64.5 Å². The number of hydrogen-bond donors (Lipinski definition) is 0. The van der Waals surface area contributed by atoms with Crippen molar-refractivity contribution in [2.24, 2.45) is 0 Å². The van der Waals surface area contributed by atoms with Crippen molar-refractivity contribution in [3.05, 3.63) is 105 Å². The second-order valence-electron chi connectivity index (χ2n) is 15.1. The predicted molar refractivity (Wildman–Crippen MR) is 214 cm³/mol. The molecule has 0 radical (unpaired) electrons. The van der Waals surface area contributed by atoms with Gasteiger partial charge in [0.15, 0.2) is 23.0 Å². The first-order chi connectivity index (χ1) is 27.4. The number of ether oxygens (including phenoxy) is 5. The average Bonchev–Trinajstić information content (AvgIpc) is 3.76. The van der Waals surface area contributed by atoms with Crippen molar-refractivity contribution < 1.29 is 43.0 Å². The van der Waals surface area contributed by atoms with Crippen LogP contribution in [-0.4, -0.2) is 75.0 Å². The maximum Gasteiger partial charge on any atom is 0.414 e. The van der Waals surface area contributed by atoms with Gasteiger partial charge in [0, 0.05) is 30.1 Å². The summed E-state index contributed by atoms with van der Waals surface area (Å²) < 4.78 is 29.1. The Balaban J connectivity index is 1.01. The van der Waals surface area contributed by atoms with Crippen LogP contribution in [0.2, 0.25) is 0 Å². The van der Waals surface area contributed by atoms with Crippen LogP contribution in [0.3, 0.4) is 0 Å². The number of carbonyl (C=O) groups is 3. The summed E-state index contributed by atoms with van der Waals surface area (Å²) in [4.78, 5) is 57.8. The van der Waals surface area contributed by atoms with E-state index in [1.807, 2.05) is 48.5 Å². The zero-order valence-electron chi connectivity index (χ0n) is 32.7. The lowest BCUT2D eigenvalue weighted by atomic mass is 10.1. The molecule has 0 aliphatic carbocycles. The summed E-state index contributed by atoms with van der Waals surface area (Å²) in [7, 11) is 2.92. The van der Waals surface area contributed by atoms with Gasteiger partial charge in [0.25, 0.3) is 17.5 Å². The number of amides is 3. The molecule has 0 aromatic heterocycles. The molecule has 3 heterocycles. The molecule has 0 fully saturated rings. The lowest BCUT2D eigenvalue weighted by molar-refractivity contribution is -0.385. The van der Waals surface area contributed by atoms with Crippen LogP contribution < -0.4 is 33.6 Å². The van der Waals surface area contributed by atoms with E-state index < -0.39 is 22.5 Å². The summed E-state index contributed by atoms with van der Waals surface area (Å²) in [6.07, 6.45) is 2.59. The van der Waals surface area contributed by atoms with Crippen molar-refractivity contribution in [2.75, 3.05) is 55.2 Å². The minimum Gasteiger partial charge on any atom is -0.493 e. The van der Waals surface area contributed by atoms with Crippen LogP contribution in [0.1, 0.15) is 71.9 Å². The van der Waals surface area contributed by atoms with Crippen LogP contribution in [0.25, 0.3) is 0 Å². The molecule has 0 unspecified atom stereocenters. The number of hydrogen-bond acceptors (Lipinski definition) is 10. The first-order valence-corrected chi connectivity index (χ1v) is 19.0. The van der Waals surface area contributed by atoms with Gasteiger partial charge in [-0.05, 0) is 82.2 Å². The normalized spacial score (nSPS) is 15.6. The van der Waals surface area contributed by atoms with Crippen LogP contribution in [0, 0.1) is 10.1 Å². The monoisotopic (exact) mass is 778 g/mol. The number of rotatable bonds is 12. The van der Waals surface area contributed by atoms with Gasteiger partial charge in [-0.3, -0.25) is 24.6 Å². The summed E-state index contributed by atoms with van der Waals surface area (Å²) in [6, 6.07) is 20.9. The molecule has 0 saturated heterocycles. The highest BCUT2D eigenvalue weighted by atomic mass is 16.6.